The molecule has 0 atom stereocenters. The first-order valence-electron chi connectivity index (χ1n) is 4.36. The molecule has 0 saturated heterocycles. The second-order valence-corrected chi connectivity index (χ2v) is 2.98. The smallest absolute Gasteiger partial charge is 0.322 e. The fourth-order valence-corrected chi connectivity index (χ4v) is 1.27. The summed E-state index contributed by atoms with van der Waals surface area (Å²) in [6.07, 6.45) is 0. The molecule has 5 nitrogen and oxygen atoms in total. The Morgan fingerprint density at radius 1 is 1.47 bits per heavy atom. The van der Waals surface area contributed by atoms with Crippen LogP contribution in [0.25, 0.3) is 0 Å². The van der Waals surface area contributed by atoms with Crippen LogP contribution in [0.1, 0.15) is 5.56 Å². The summed E-state index contributed by atoms with van der Waals surface area (Å²) in [5, 5.41) is 10.7. The van der Waals surface area contributed by atoms with Crippen LogP contribution in [0.15, 0.2) is 18.2 Å². The third kappa shape index (κ3) is 1.99. The number of benzene rings is 1. The highest BCUT2D eigenvalue weighted by Gasteiger charge is 2.13. The topological polar surface area (TPSA) is 71.4 Å². The van der Waals surface area contributed by atoms with Crippen molar-refractivity contribution in [2.24, 2.45) is 0 Å². The van der Waals surface area contributed by atoms with E-state index in [-0.39, 0.29) is 6.79 Å². The minimum atomic E-state index is -0.646. The first-order valence-corrected chi connectivity index (χ1v) is 4.36. The summed E-state index contributed by atoms with van der Waals surface area (Å²) in [5.74, 6) is 0.719. The number of nitriles is 1. The van der Waals surface area contributed by atoms with Gasteiger partial charge in [0.25, 0.3) is 0 Å². The van der Waals surface area contributed by atoms with E-state index in [9.17, 15) is 4.79 Å². The molecule has 1 aromatic carbocycles. The fourth-order valence-electron chi connectivity index (χ4n) is 1.27. The predicted octanol–water partition coefficient (Wildman–Crippen LogP) is 0.555. The lowest BCUT2D eigenvalue weighted by Crippen LogP contribution is -2.20. The SMILES string of the molecule is N#CC(=O)NCc1ccc2c(c1)OCO2. The molecule has 0 spiro atoms. The monoisotopic (exact) mass is 204 g/mol. The average molecular weight is 204 g/mol. The maximum absolute atomic E-state index is 10.7. The number of carbonyl (C=O) groups excluding carboxylic acids is 1. The van der Waals surface area contributed by atoms with Gasteiger partial charge in [0.1, 0.15) is 0 Å². The molecule has 1 heterocycles. The van der Waals surface area contributed by atoms with Gasteiger partial charge in [-0.15, -0.1) is 0 Å². The molecule has 0 aromatic heterocycles. The molecule has 0 unspecified atom stereocenters. The Kier molecular flexibility index (Phi) is 2.42. The van der Waals surface area contributed by atoms with E-state index in [4.69, 9.17) is 14.7 Å². The molecule has 1 amide bonds. The Morgan fingerprint density at radius 3 is 3.07 bits per heavy atom. The number of nitrogens with one attached hydrogen (secondary N) is 1. The maximum atomic E-state index is 10.7. The van der Waals surface area contributed by atoms with Gasteiger partial charge in [0, 0.05) is 6.54 Å². The number of nitrogens with zero attached hydrogens (tertiary/aromatic N) is 1. The lowest BCUT2D eigenvalue weighted by molar-refractivity contribution is -0.116. The number of hydrogen-bond acceptors (Lipinski definition) is 4. The van der Waals surface area contributed by atoms with Crippen LogP contribution in [-0.4, -0.2) is 12.7 Å². The summed E-state index contributed by atoms with van der Waals surface area (Å²) >= 11 is 0. The predicted molar refractivity (Wildman–Crippen MR) is 50.0 cm³/mol. The van der Waals surface area contributed by atoms with Gasteiger partial charge in [0.2, 0.25) is 6.79 Å². The zero-order chi connectivity index (χ0) is 10.7. The molecule has 1 aliphatic heterocycles. The van der Waals surface area contributed by atoms with Crippen molar-refractivity contribution >= 4 is 5.91 Å². The fraction of sp³-hybridized carbons (Fsp3) is 0.200. The molecule has 0 aliphatic carbocycles. The van der Waals surface area contributed by atoms with Gasteiger partial charge in [0.15, 0.2) is 17.6 Å². The van der Waals surface area contributed by atoms with Gasteiger partial charge in [-0.1, -0.05) is 6.07 Å². The summed E-state index contributed by atoms with van der Waals surface area (Å²) in [7, 11) is 0. The summed E-state index contributed by atoms with van der Waals surface area (Å²) < 4.78 is 10.3. The standard InChI is InChI=1S/C10H8N2O3/c11-4-10(13)12-5-7-1-2-8-9(3-7)15-6-14-8/h1-3H,5-6H2,(H,12,13). The van der Waals surface area contributed by atoms with Crippen molar-refractivity contribution in [2.45, 2.75) is 6.54 Å². The molecular weight excluding hydrogens is 196 g/mol. The number of fused-ring (bicyclic) bond motifs is 1. The van der Waals surface area contributed by atoms with Gasteiger partial charge >= 0.3 is 5.91 Å². The first kappa shape index (κ1) is 9.34. The van der Waals surface area contributed by atoms with Crippen molar-refractivity contribution < 1.29 is 14.3 Å². The molecule has 5 heteroatoms. The van der Waals surface area contributed by atoms with Crippen LogP contribution in [0, 0.1) is 11.3 Å². The van der Waals surface area contributed by atoms with Gasteiger partial charge in [-0.2, -0.15) is 5.26 Å². The maximum Gasteiger partial charge on any atom is 0.322 e. The first-order chi connectivity index (χ1) is 7.29. The van der Waals surface area contributed by atoms with E-state index in [0.29, 0.717) is 18.0 Å². The number of amides is 1. The molecular formula is C10H8N2O3. The summed E-state index contributed by atoms with van der Waals surface area (Å²) in [6.45, 7) is 0.534. The Labute approximate surface area is 86.2 Å². The van der Waals surface area contributed by atoms with E-state index in [0.717, 1.165) is 5.56 Å². The number of rotatable bonds is 2. The summed E-state index contributed by atoms with van der Waals surface area (Å²) in [6, 6.07) is 6.84. The van der Waals surface area contributed by atoms with Crippen LogP contribution in [-0.2, 0) is 11.3 Å². The summed E-state index contributed by atoms with van der Waals surface area (Å²) in [5.41, 5.74) is 0.864. The zero-order valence-corrected chi connectivity index (χ0v) is 7.82. The molecule has 2 rings (SSSR count). The number of hydrogen-bond donors (Lipinski definition) is 1. The molecule has 76 valence electrons. The molecule has 0 radical (unpaired) electrons. The van der Waals surface area contributed by atoms with Crippen LogP contribution in [0.2, 0.25) is 0 Å². The van der Waals surface area contributed by atoms with E-state index < -0.39 is 5.91 Å². The van der Waals surface area contributed by atoms with Crippen molar-refractivity contribution in [1.82, 2.24) is 5.32 Å². The van der Waals surface area contributed by atoms with Crippen molar-refractivity contribution in [3.63, 3.8) is 0 Å². The van der Waals surface area contributed by atoms with Gasteiger partial charge in [-0.05, 0) is 17.7 Å². The van der Waals surface area contributed by atoms with Crippen molar-refractivity contribution in [1.29, 1.82) is 5.26 Å². The zero-order valence-electron chi connectivity index (χ0n) is 7.82. The van der Waals surface area contributed by atoms with E-state index in [1.54, 1.807) is 12.1 Å². The van der Waals surface area contributed by atoms with E-state index >= 15 is 0 Å². The molecule has 15 heavy (non-hydrogen) atoms. The quantitative estimate of drug-likeness (QED) is 0.714. The van der Waals surface area contributed by atoms with E-state index in [1.807, 2.05) is 6.07 Å². The van der Waals surface area contributed by atoms with Crippen LogP contribution in [0.4, 0.5) is 0 Å². The van der Waals surface area contributed by atoms with Crippen LogP contribution in [0.5, 0.6) is 11.5 Å². The lowest BCUT2D eigenvalue weighted by Gasteiger charge is -2.02. The van der Waals surface area contributed by atoms with Crippen LogP contribution in [0.3, 0.4) is 0 Å². The normalized spacial score (nSPS) is 11.9. The minimum Gasteiger partial charge on any atom is -0.454 e. The Hall–Kier alpha value is -2.22. The molecule has 1 N–H and O–H groups in total. The Bertz CT molecular complexity index is 437. The van der Waals surface area contributed by atoms with Gasteiger partial charge in [-0.3, -0.25) is 4.79 Å². The van der Waals surface area contributed by atoms with Crippen molar-refractivity contribution in [2.75, 3.05) is 6.79 Å². The molecule has 1 aliphatic rings. The second-order valence-electron chi connectivity index (χ2n) is 2.98. The van der Waals surface area contributed by atoms with Crippen molar-refractivity contribution in [3.8, 4) is 17.6 Å². The molecule has 0 saturated carbocycles. The lowest BCUT2D eigenvalue weighted by atomic mass is 10.2. The molecule has 0 bridgehead atoms. The third-order valence-corrected chi connectivity index (χ3v) is 1.99. The van der Waals surface area contributed by atoms with Crippen LogP contribution < -0.4 is 14.8 Å². The largest absolute Gasteiger partial charge is 0.454 e. The highest BCUT2D eigenvalue weighted by atomic mass is 16.7. The van der Waals surface area contributed by atoms with E-state index in [2.05, 4.69) is 5.32 Å². The van der Waals surface area contributed by atoms with E-state index in [1.165, 1.54) is 6.07 Å². The summed E-state index contributed by atoms with van der Waals surface area (Å²) in [4.78, 5) is 10.7. The van der Waals surface area contributed by atoms with Gasteiger partial charge in [-0.25, -0.2) is 0 Å². The second kappa shape index (κ2) is 3.88. The van der Waals surface area contributed by atoms with Gasteiger partial charge in [0.05, 0.1) is 0 Å². The average Bonchev–Trinajstić information content (AvgIpc) is 2.72. The number of carbonyl (C=O) groups is 1. The third-order valence-electron chi connectivity index (χ3n) is 1.99. The van der Waals surface area contributed by atoms with Crippen LogP contribution >= 0.6 is 0 Å². The highest BCUT2D eigenvalue weighted by molar-refractivity contribution is 5.91. The van der Waals surface area contributed by atoms with Gasteiger partial charge < -0.3 is 14.8 Å². The Morgan fingerprint density at radius 2 is 2.27 bits per heavy atom. The number of ether oxygens (including phenoxy) is 2. The minimum absolute atomic E-state index is 0.226. The molecule has 0 fully saturated rings. The highest BCUT2D eigenvalue weighted by Crippen LogP contribution is 2.32. The molecule has 1 aromatic rings. The Balaban J connectivity index is 2.05. The van der Waals surface area contributed by atoms with Crippen molar-refractivity contribution in [3.05, 3.63) is 23.8 Å².